The first kappa shape index (κ1) is 18.7. The third kappa shape index (κ3) is 3.13. The number of halogens is 1. The van der Waals surface area contributed by atoms with Crippen LogP contribution >= 0.6 is 22.6 Å². The maximum absolute atomic E-state index is 13.4. The van der Waals surface area contributed by atoms with Crippen molar-refractivity contribution >= 4 is 56.7 Å². The van der Waals surface area contributed by atoms with Crippen molar-refractivity contribution < 1.29 is 4.79 Å². The van der Waals surface area contributed by atoms with Crippen molar-refractivity contribution in [2.75, 3.05) is 5.32 Å². The van der Waals surface area contributed by atoms with Gasteiger partial charge >= 0.3 is 0 Å². The molecule has 30 heavy (non-hydrogen) atoms. The second-order valence-corrected chi connectivity index (χ2v) is 8.41. The molecule has 1 aromatic heterocycles. The van der Waals surface area contributed by atoms with Crippen LogP contribution in [0.3, 0.4) is 0 Å². The molecule has 0 fully saturated rings. The number of aryl methyl sites for hydroxylation is 1. The van der Waals surface area contributed by atoms with E-state index in [1.165, 1.54) is 0 Å². The summed E-state index contributed by atoms with van der Waals surface area (Å²) in [6, 6.07) is 20.8. The van der Waals surface area contributed by atoms with E-state index in [1.54, 1.807) is 10.6 Å². The van der Waals surface area contributed by atoms with Gasteiger partial charge in [0.2, 0.25) is 0 Å². The highest BCUT2D eigenvalue weighted by atomic mass is 127. The third-order valence-electron chi connectivity index (χ3n) is 5.10. The Kier molecular flexibility index (Phi) is 4.51. The molecule has 1 amide bonds. The monoisotopic (exact) mass is 505 g/mol. The van der Waals surface area contributed by atoms with E-state index in [1.807, 2.05) is 73.7 Å². The molecule has 0 bridgehead atoms. The number of carbonyl (C=O) groups excluding carboxylic acids is 1. The van der Waals surface area contributed by atoms with Gasteiger partial charge in [-0.15, -0.1) is 0 Å². The van der Waals surface area contributed by atoms with E-state index < -0.39 is 0 Å². The topological polar surface area (TPSA) is 64.0 Å². The number of amides is 1. The molecule has 0 aliphatic carbocycles. The second kappa shape index (κ2) is 7.21. The van der Waals surface area contributed by atoms with Gasteiger partial charge in [-0.05, 0) is 78.1 Å². The third-order valence-corrected chi connectivity index (χ3v) is 5.77. The first-order valence-electron chi connectivity index (χ1n) is 9.43. The summed E-state index contributed by atoms with van der Waals surface area (Å²) in [4.78, 5) is 30.9. The number of benzene rings is 3. The molecule has 0 spiro atoms. The van der Waals surface area contributed by atoms with E-state index in [0.29, 0.717) is 28.0 Å². The Balaban J connectivity index is 1.83. The van der Waals surface area contributed by atoms with Gasteiger partial charge in [0.1, 0.15) is 5.82 Å². The van der Waals surface area contributed by atoms with E-state index in [2.05, 4.69) is 27.9 Å². The van der Waals surface area contributed by atoms with Gasteiger partial charge in [-0.2, -0.15) is 0 Å². The zero-order chi connectivity index (χ0) is 20.8. The van der Waals surface area contributed by atoms with Crippen molar-refractivity contribution in [1.29, 1.82) is 0 Å². The highest BCUT2D eigenvalue weighted by Gasteiger charge is 2.25. The number of hydrogen-bond donors (Lipinski definition) is 1. The summed E-state index contributed by atoms with van der Waals surface area (Å²) in [6.07, 6.45) is 1.70. The summed E-state index contributed by atoms with van der Waals surface area (Å²) >= 11 is 2.19. The number of fused-ring (bicyclic) bond motifs is 2. The van der Waals surface area contributed by atoms with Gasteiger partial charge in [0.25, 0.3) is 11.5 Å². The molecule has 0 atom stereocenters. The van der Waals surface area contributed by atoms with Crippen LogP contribution in [0.5, 0.6) is 0 Å². The minimum Gasteiger partial charge on any atom is -0.321 e. The highest BCUT2D eigenvalue weighted by Crippen LogP contribution is 2.33. The van der Waals surface area contributed by atoms with Crippen LogP contribution in [-0.4, -0.2) is 15.5 Å². The number of rotatable bonds is 2. The molecule has 0 unspecified atom stereocenters. The van der Waals surface area contributed by atoms with Crippen LogP contribution in [0, 0.1) is 10.5 Å². The number of hydrogen-bond acceptors (Lipinski definition) is 3. The molecule has 2 heterocycles. The number of nitrogens with zero attached hydrogens (tertiary/aromatic N) is 2. The minimum absolute atomic E-state index is 0.167. The standard InChI is InChI=1S/C24H16IN3O2/c1-14-7-9-20-17(11-14)18(23(29)27-20)13-22-26-21-10-8-15(25)12-19(21)24(30)28(22)16-5-3-2-4-6-16/h2-13H,1H3,(H,27,29)/b18-13-. The summed E-state index contributed by atoms with van der Waals surface area (Å²) in [5, 5.41) is 3.43. The lowest BCUT2D eigenvalue weighted by Gasteiger charge is -2.12. The number of carbonyl (C=O) groups is 1. The molecule has 146 valence electrons. The molecule has 1 aliphatic heterocycles. The van der Waals surface area contributed by atoms with E-state index in [4.69, 9.17) is 4.98 Å². The van der Waals surface area contributed by atoms with Crippen molar-refractivity contribution in [2.45, 2.75) is 6.92 Å². The molecule has 1 N–H and O–H groups in total. The SMILES string of the molecule is Cc1ccc2c(c1)/C(=C/c1nc3ccc(I)cc3c(=O)n1-c1ccccc1)C(=O)N2. The number of nitrogens with one attached hydrogen (secondary N) is 1. The molecule has 4 aromatic rings. The average molecular weight is 505 g/mol. The first-order valence-corrected chi connectivity index (χ1v) is 10.5. The van der Waals surface area contributed by atoms with Crippen molar-refractivity contribution in [2.24, 2.45) is 0 Å². The zero-order valence-corrected chi connectivity index (χ0v) is 18.2. The van der Waals surface area contributed by atoms with Gasteiger partial charge in [0, 0.05) is 14.8 Å². The summed E-state index contributed by atoms with van der Waals surface area (Å²) < 4.78 is 2.52. The Bertz CT molecular complexity index is 1420. The maximum Gasteiger partial charge on any atom is 0.266 e. The highest BCUT2D eigenvalue weighted by molar-refractivity contribution is 14.1. The second-order valence-electron chi connectivity index (χ2n) is 7.17. The summed E-state index contributed by atoms with van der Waals surface area (Å²) in [5.74, 6) is 0.214. The van der Waals surface area contributed by atoms with Crippen molar-refractivity contribution in [3.63, 3.8) is 0 Å². The Hall–Kier alpha value is -3.26. The number of para-hydroxylation sites is 1. The fourth-order valence-corrected chi connectivity index (χ4v) is 4.16. The van der Waals surface area contributed by atoms with E-state index in [-0.39, 0.29) is 11.5 Å². The zero-order valence-electron chi connectivity index (χ0n) is 16.0. The molecule has 0 radical (unpaired) electrons. The molecule has 1 aliphatic rings. The van der Waals surface area contributed by atoms with Crippen LogP contribution < -0.4 is 10.9 Å². The molecule has 6 heteroatoms. The van der Waals surface area contributed by atoms with Crippen LogP contribution in [0.2, 0.25) is 0 Å². The summed E-state index contributed by atoms with van der Waals surface area (Å²) in [5.41, 5.74) is 4.26. The lowest BCUT2D eigenvalue weighted by molar-refractivity contribution is -0.110. The van der Waals surface area contributed by atoms with Crippen LogP contribution in [0.25, 0.3) is 28.2 Å². The summed E-state index contributed by atoms with van der Waals surface area (Å²) in [6.45, 7) is 1.98. The molecule has 5 nitrogen and oxygen atoms in total. The van der Waals surface area contributed by atoms with E-state index in [0.717, 1.165) is 20.4 Å². The van der Waals surface area contributed by atoms with Crippen LogP contribution in [0.1, 0.15) is 17.0 Å². The van der Waals surface area contributed by atoms with Crippen LogP contribution in [0.15, 0.2) is 71.5 Å². The maximum atomic E-state index is 13.4. The molecular weight excluding hydrogens is 489 g/mol. The minimum atomic E-state index is -0.202. The Labute approximate surface area is 186 Å². The van der Waals surface area contributed by atoms with Crippen molar-refractivity contribution in [3.8, 4) is 5.69 Å². The lowest BCUT2D eigenvalue weighted by Crippen LogP contribution is -2.22. The predicted molar refractivity (Wildman–Crippen MR) is 128 cm³/mol. The lowest BCUT2D eigenvalue weighted by atomic mass is 10.0. The van der Waals surface area contributed by atoms with Gasteiger partial charge in [-0.25, -0.2) is 4.98 Å². The fourth-order valence-electron chi connectivity index (χ4n) is 3.67. The molecule has 5 rings (SSSR count). The Morgan fingerprint density at radius 2 is 1.80 bits per heavy atom. The number of aromatic nitrogens is 2. The molecular formula is C24H16IN3O2. The largest absolute Gasteiger partial charge is 0.321 e. The van der Waals surface area contributed by atoms with Crippen LogP contribution in [0.4, 0.5) is 5.69 Å². The van der Waals surface area contributed by atoms with Gasteiger partial charge in [0.15, 0.2) is 0 Å². The molecule has 0 saturated heterocycles. The quantitative estimate of drug-likeness (QED) is 0.315. The fraction of sp³-hybridized carbons (Fsp3) is 0.0417. The summed E-state index contributed by atoms with van der Waals surface area (Å²) in [7, 11) is 0. The van der Waals surface area contributed by atoms with Crippen LogP contribution in [-0.2, 0) is 4.79 Å². The molecule has 3 aromatic carbocycles. The van der Waals surface area contributed by atoms with Crippen molar-refractivity contribution in [3.05, 3.63) is 97.6 Å². The normalized spacial score (nSPS) is 14.2. The molecule has 0 saturated carbocycles. The predicted octanol–water partition coefficient (Wildman–Crippen LogP) is 4.79. The average Bonchev–Trinajstić information content (AvgIpc) is 3.04. The van der Waals surface area contributed by atoms with Gasteiger partial charge in [-0.1, -0.05) is 29.8 Å². The van der Waals surface area contributed by atoms with Gasteiger partial charge in [-0.3, -0.25) is 14.2 Å². The van der Waals surface area contributed by atoms with Crippen molar-refractivity contribution in [1.82, 2.24) is 9.55 Å². The Morgan fingerprint density at radius 1 is 1.00 bits per heavy atom. The van der Waals surface area contributed by atoms with E-state index in [9.17, 15) is 9.59 Å². The Morgan fingerprint density at radius 3 is 2.60 bits per heavy atom. The van der Waals surface area contributed by atoms with Gasteiger partial charge in [0.05, 0.1) is 22.2 Å². The number of anilines is 1. The first-order chi connectivity index (χ1) is 14.5. The smallest absolute Gasteiger partial charge is 0.266 e. The van der Waals surface area contributed by atoms with Gasteiger partial charge < -0.3 is 5.32 Å². The van der Waals surface area contributed by atoms with E-state index >= 15 is 0 Å².